The molecule has 0 fully saturated rings. The Bertz CT molecular complexity index is 607. The molecule has 0 unspecified atom stereocenters. The number of rotatable bonds is 8. The van der Waals surface area contributed by atoms with Gasteiger partial charge in [0, 0.05) is 0 Å². The second-order valence-electron chi connectivity index (χ2n) is 6.06. The SMILES string of the molecule is CCc1cccc(C)c1[N-]CCC[N-]c1c(C)cccc1CC.[Cl][Ti][Cl]. The molecule has 0 radical (unpaired) electrons. The Labute approximate surface area is 175 Å². The molecule has 0 aromatic heterocycles. The Balaban J connectivity index is 0.00000105. The summed E-state index contributed by atoms with van der Waals surface area (Å²) >= 11 is -0.556. The third-order valence-electron chi connectivity index (χ3n) is 4.26. The Hall–Kier alpha value is -0.666. The van der Waals surface area contributed by atoms with E-state index in [-0.39, 0.29) is 0 Å². The van der Waals surface area contributed by atoms with Gasteiger partial charge < -0.3 is 10.6 Å². The summed E-state index contributed by atoms with van der Waals surface area (Å²) in [6.07, 6.45) is 3.07. The molecule has 26 heavy (non-hydrogen) atoms. The van der Waals surface area contributed by atoms with Gasteiger partial charge in [0.1, 0.15) is 0 Å². The first kappa shape index (κ1) is 23.4. The first-order valence-corrected chi connectivity index (χ1v) is 13.4. The van der Waals surface area contributed by atoms with Gasteiger partial charge >= 0.3 is 35.6 Å². The molecule has 0 atom stereocenters. The van der Waals surface area contributed by atoms with Crippen LogP contribution in [-0.2, 0) is 29.9 Å². The maximum atomic E-state index is 4.89. The van der Waals surface area contributed by atoms with Crippen LogP contribution in [0.3, 0.4) is 0 Å². The zero-order valence-corrected chi connectivity index (χ0v) is 19.2. The normalized spacial score (nSPS) is 9.92. The fraction of sp³-hybridized carbons (Fsp3) is 0.429. The van der Waals surface area contributed by atoms with Crippen LogP contribution in [0.25, 0.3) is 10.6 Å². The summed E-state index contributed by atoms with van der Waals surface area (Å²) in [5, 5.41) is 9.63. The topological polar surface area (TPSA) is 28.2 Å². The minimum absolute atomic E-state index is 0.556. The first-order valence-electron chi connectivity index (χ1n) is 9.07. The van der Waals surface area contributed by atoms with Gasteiger partial charge in [0.15, 0.2) is 0 Å². The Kier molecular flexibility index (Phi) is 12.1. The zero-order valence-electron chi connectivity index (χ0n) is 16.1. The van der Waals surface area contributed by atoms with Crippen LogP contribution in [0.5, 0.6) is 0 Å². The van der Waals surface area contributed by atoms with Crippen molar-refractivity contribution in [3.63, 3.8) is 0 Å². The first-order chi connectivity index (χ1) is 12.6. The standard InChI is InChI=1S/C21H28N2.2ClH.Ti/c1-5-18-12-7-10-16(3)20(18)22-14-9-15-23-21-17(4)11-8-13-19(21)6-2;;;/h7-8,10-13H,5-6,9,14-15H2,1-4H3;2*1H;/q-2;;;+2/p-2. The van der Waals surface area contributed by atoms with Crippen molar-refractivity contribution < 1.29 is 17.0 Å². The molecule has 0 bridgehead atoms. The minimum atomic E-state index is -0.556. The molecule has 0 amide bonds. The van der Waals surface area contributed by atoms with E-state index in [1.165, 1.54) is 33.6 Å². The molecule has 0 aliphatic heterocycles. The molecule has 0 N–H and O–H groups in total. The molecule has 0 spiro atoms. The zero-order chi connectivity index (χ0) is 19.4. The molecule has 142 valence electrons. The summed E-state index contributed by atoms with van der Waals surface area (Å²) in [6.45, 7) is 10.3. The average Bonchev–Trinajstić information content (AvgIpc) is 2.64. The van der Waals surface area contributed by atoms with Crippen LogP contribution in [0.1, 0.15) is 42.5 Å². The predicted octanol–water partition coefficient (Wildman–Crippen LogP) is 7.91. The molecule has 2 nitrogen and oxygen atoms in total. The summed E-state index contributed by atoms with van der Waals surface area (Å²) < 4.78 is 0. The summed E-state index contributed by atoms with van der Waals surface area (Å²) in [5.41, 5.74) is 7.59. The third-order valence-corrected chi connectivity index (χ3v) is 4.26. The van der Waals surface area contributed by atoms with E-state index in [4.69, 9.17) is 29.2 Å². The van der Waals surface area contributed by atoms with Gasteiger partial charge in [-0.25, -0.2) is 0 Å². The number of benzene rings is 2. The van der Waals surface area contributed by atoms with Gasteiger partial charge in [0.2, 0.25) is 0 Å². The molecule has 0 saturated carbocycles. The van der Waals surface area contributed by atoms with Crippen molar-refractivity contribution in [2.75, 3.05) is 13.1 Å². The van der Waals surface area contributed by atoms with E-state index >= 15 is 0 Å². The Morgan fingerprint density at radius 2 is 1.15 bits per heavy atom. The molecule has 2 aromatic carbocycles. The average molecular weight is 427 g/mol. The molecule has 0 aliphatic carbocycles. The summed E-state index contributed by atoms with van der Waals surface area (Å²) in [5.74, 6) is 0. The maximum absolute atomic E-state index is 4.89. The summed E-state index contributed by atoms with van der Waals surface area (Å²) in [7, 11) is 9.78. The molecule has 0 saturated heterocycles. The van der Waals surface area contributed by atoms with Crippen LogP contribution in [0.2, 0.25) is 0 Å². The van der Waals surface area contributed by atoms with E-state index in [2.05, 4.69) is 64.1 Å². The van der Waals surface area contributed by atoms with Gasteiger partial charge in [-0.2, -0.15) is 0 Å². The van der Waals surface area contributed by atoms with Crippen LogP contribution >= 0.6 is 18.6 Å². The number of hydrogen-bond donors (Lipinski definition) is 0. The molecular formula is C21H28Cl2N2Ti-2. The van der Waals surface area contributed by atoms with Gasteiger partial charge in [-0.3, -0.25) is 0 Å². The number of nitrogens with zero attached hydrogens (tertiary/aromatic N) is 2. The van der Waals surface area contributed by atoms with Gasteiger partial charge in [-0.15, -0.1) is 24.5 Å². The second-order valence-corrected chi connectivity index (χ2v) is 8.64. The molecule has 2 rings (SSSR count). The van der Waals surface area contributed by atoms with Crippen LogP contribution in [0.4, 0.5) is 11.4 Å². The predicted molar refractivity (Wildman–Crippen MR) is 113 cm³/mol. The van der Waals surface area contributed by atoms with Gasteiger partial charge in [-0.1, -0.05) is 78.9 Å². The van der Waals surface area contributed by atoms with Crippen molar-refractivity contribution in [3.8, 4) is 0 Å². The van der Waals surface area contributed by atoms with E-state index < -0.39 is 17.0 Å². The van der Waals surface area contributed by atoms with E-state index in [0.29, 0.717) is 0 Å². The number of halogens is 2. The fourth-order valence-corrected chi connectivity index (χ4v) is 2.91. The summed E-state index contributed by atoms with van der Waals surface area (Å²) in [6, 6.07) is 12.9. The van der Waals surface area contributed by atoms with Crippen molar-refractivity contribution >= 4 is 30.0 Å². The van der Waals surface area contributed by atoms with E-state index in [0.717, 1.165) is 32.4 Å². The fourth-order valence-electron chi connectivity index (χ4n) is 2.91. The molecule has 2 aromatic rings. The number of para-hydroxylation sites is 2. The summed E-state index contributed by atoms with van der Waals surface area (Å²) in [4.78, 5) is 0. The Morgan fingerprint density at radius 1 is 0.769 bits per heavy atom. The molecule has 0 heterocycles. The van der Waals surface area contributed by atoms with Gasteiger partial charge in [0.25, 0.3) is 0 Å². The van der Waals surface area contributed by atoms with Gasteiger partial charge in [0.05, 0.1) is 0 Å². The number of hydrogen-bond acceptors (Lipinski definition) is 0. The van der Waals surface area contributed by atoms with Crippen molar-refractivity contribution in [2.45, 2.75) is 47.0 Å². The second kappa shape index (κ2) is 13.5. The van der Waals surface area contributed by atoms with E-state index in [1.54, 1.807) is 0 Å². The van der Waals surface area contributed by atoms with Crippen LogP contribution in [-0.4, -0.2) is 13.1 Å². The molecule has 5 heteroatoms. The molecular weight excluding hydrogens is 399 g/mol. The molecule has 0 aliphatic rings. The Morgan fingerprint density at radius 3 is 1.50 bits per heavy atom. The van der Waals surface area contributed by atoms with Crippen molar-refractivity contribution in [1.29, 1.82) is 0 Å². The van der Waals surface area contributed by atoms with Gasteiger partial charge in [-0.05, 0) is 26.7 Å². The van der Waals surface area contributed by atoms with Crippen LogP contribution in [0.15, 0.2) is 36.4 Å². The van der Waals surface area contributed by atoms with Crippen LogP contribution in [0, 0.1) is 13.8 Å². The van der Waals surface area contributed by atoms with Crippen LogP contribution < -0.4 is 0 Å². The van der Waals surface area contributed by atoms with Crippen molar-refractivity contribution in [2.24, 2.45) is 0 Å². The van der Waals surface area contributed by atoms with E-state index in [1.807, 2.05) is 0 Å². The van der Waals surface area contributed by atoms with E-state index in [9.17, 15) is 0 Å². The quantitative estimate of drug-likeness (QED) is 0.303. The number of aryl methyl sites for hydroxylation is 4. The third kappa shape index (κ3) is 7.52. The van der Waals surface area contributed by atoms with Crippen molar-refractivity contribution in [1.82, 2.24) is 0 Å². The van der Waals surface area contributed by atoms with Crippen molar-refractivity contribution in [3.05, 3.63) is 69.3 Å². The monoisotopic (exact) mass is 426 g/mol.